The van der Waals surface area contributed by atoms with Gasteiger partial charge in [-0.3, -0.25) is 0 Å². The summed E-state index contributed by atoms with van der Waals surface area (Å²) in [6.45, 7) is 5.17. The fourth-order valence-corrected chi connectivity index (χ4v) is 4.21. The molecule has 2 aromatic rings. The molecule has 0 aliphatic heterocycles. The molecular formula is C22H30N2O. The van der Waals surface area contributed by atoms with E-state index in [4.69, 9.17) is 5.11 Å². The Morgan fingerprint density at radius 3 is 2.56 bits per heavy atom. The van der Waals surface area contributed by atoms with E-state index in [2.05, 4.69) is 71.7 Å². The number of benzene rings is 2. The predicted octanol–water partition coefficient (Wildman–Crippen LogP) is 3.58. The normalized spacial score (nSPS) is 19.0. The van der Waals surface area contributed by atoms with Crippen LogP contribution in [0.5, 0.6) is 0 Å². The van der Waals surface area contributed by atoms with Crippen molar-refractivity contribution in [2.75, 3.05) is 31.1 Å². The van der Waals surface area contributed by atoms with E-state index in [1.165, 1.54) is 23.2 Å². The molecule has 0 fully saturated rings. The molecule has 1 aliphatic rings. The standard InChI is InChI=1S/C22H30N2O/c1-2-24(19-10-4-3-5-11-19)22-17-18-9-6-7-12-20(18)21(22)13-8-14-23-15-16-25/h3-7,9-12,21-23,25H,2,8,13-17H2,1H3. The summed E-state index contributed by atoms with van der Waals surface area (Å²) in [5.74, 6) is 0.576. The second-order valence-corrected chi connectivity index (χ2v) is 6.81. The van der Waals surface area contributed by atoms with Gasteiger partial charge in [0, 0.05) is 30.7 Å². The van der Waals surface area contributed by atoms with Crippen molar-refractivity contribution >= 4 is 5.69 Å². The highest BCUT2D eigenvalue weighted by atomic mass is 16.3. The zero-order valence-electron chi connectivity index (χ0n) is 15.2. The summed E-state index contributed by atoms with van der Waals surface area (Å²) in [6, 6.07) is 20.3. The van der Waals surface area contributed by atoms with Crippen LogP contribution in [0.3, 0.4) is 0 Å². The zero-order chi connectivity index (χ0) is 17.5. The van der Waals surface area contributed by atoms with Crippen LogP contribution in [0, 0.1) is 0 Å². The summed E-state index contributed by atoms with van der Waals surface area (Å²) in [5, 5.41) is 12.2. The summed E-state index contributed by atoms with van der Waals surface area (Å²) in [4.78, 5) is 2.58. The fourth-order valence-electron chi connectivity index (χ4n) is 4.21. The first-order chi connectivity index (χ1) is 12.3. The van der Waals surface area contributed by atoms with Crippen molar-refractivity contribution in [2.24, 2.45) is 0 Å². The lowest BCUT2D eigenvalue weighted by atomic mass is 9.92. The number of para-hydroxylation sites is 1. The van der Waals surface area contributed by atoms with Gasteiger partial charge in [0.05, 0.1) is 6.61 Å². The minimum absolute atomic E-state index is 0.215. The lowest BCUT2D eigenvalue weighted by Gasteiger charge is -2.34. The van der Waals surface area contributed by atoms with Crippen molar-refractivity contribution in [3.63, 3.8) is 0 Å². The van der Waals surface area contributed by atoms with Crippen molar-refractivity contribution in [2.45, 2.75) is 38.1 Å². The molecule has 2 unspecified atom stereocenters. The monoisotopic (exact) mass is 338 g/mol. The van der Waals surface area contributed by atoms with Crippen LogP contribution in [0.4, 0.5) is 5.69 Å². The molecule has 2 N–H and O–H groups in total. The number of anilines is 1. The molecule has 0 heterocycles. The smallest absolute Gasteiger partial charge is 0.0555 e. The van der Waals surface area contributed by atoms with E-state index in [1.807, 2.05) is 0 Å². The SMILES string of the molecule is CCN(c1ccccc1)C1Cc2ccccc2C1CCCNCCO. The minimum Gasteiger partial charge on any atom is -0.395 e. The molecule has 0 spiro atoms. The van der Waals surface area contributed by atoms with Gasteiger partial charge >= 0.3 is 0 Å². The zero-order valence-corrected chi connectivity index (χ0v) is 15.2. The number of likely N-dealkylation sites (N-methyl/N-ethyl adjacent to an activating group) is 1. The average molecular weight is 338 g/mol. The lowest BCUT2D eigenvalue weighted by molar-refractivity contribution is 0.291. The Kier molecular flexibility index (Phi) is 6.48. The van der Waals surface area contributed by atoms with Crippen LogP contribution in [-0.4, -0.2) is 37.4 Å². The quantitative estimate of drug-likeness (QED) is 0.686. The van der Waals surface area contributed by atoms with Gasteiger partial charge in [0.25, 0.3) is 0 Å². The molecule has 3 rings (SSSR count). The Morgan fingerprint density at radius 1 is 1.04 bits per heavy atom. The first-order valence-electron chi connectivity index (χ1n) is 9.56. The van der Waals surface area contributed by atoms with Gasteiger partial charge in [-0.2, -0.15) is 0 Å². The molecule has 0 aromatic heterocycles. The summed E-state index contributed by atoms with van der Waals surface area (Å²) >= 11 is 0. The molecule has 2 atom stereocenters. The number of fused-ring (bicyclic) bond motifs is 1. The maximum Gasteiger partial charge on any atom is 0.0555 e. The van der Waals surface area contributed by atoms with Gasteiger partial charge in [-0.25, -0.2) is 0 Å². The Balaban J connectivity index is 1.77. The van der Waals surface area contributed by atoms with Crippen molar-refractivity contribution < 1.29 is 5.11 Å². The molecule has 1 aliphatic carbocycles. The molecule has 0 radical (unpaired) electrons. The number of hydrogen-bond donors (Lipinski definition) is 2. The first-order valence-corrected chi connectivity index (χ1v) is 9.56. The van der Waals surface area contributed by atoms with Crippen molar-refractivity contribution in [1.29, 1.82) is 0 Å². The highest BCUT2D eigenvalue weighted by Crippen LogP contribution is 2.40. The number of rotatable bonds is 9. The van der Waals surface area contributed by atoms with Crippen molar-refractivity contribution in [3.8, 4) is 0 Å². The molecule has 0 bridgehead atoms. The largest absolute Gasteiger partial charge is 0.395 e. The second kappa shape index (κ2) is 9.02. The Hall–Kier alpha value is -1.84. The maximum absolute atomic E-state index is 8.91. The third kappa shape index (κ3) is 4.23. The van der Waals surface area contributed by atoms with E-state index in [0.29, 0.717) is 18.5 Å². The minimum atomic E-state index is 0.215. The topological polar surface area (TPSA) is 35.5 Å². The second-order valence-electron chi connectivity index (χ2n) is 6.81. The van der Waals surface area contributed by atoms with E-state index in [9.17, 15) is 0 Å². The van der Waals surface area contributed by atoms with Crippen LogP contribution in [0.15, 0.2) is 54.6 Å². The molecule has 0 saturated heterocycles. The number of aliphatic hydroxyl groups is 1. The summed E-state index contributed by atoms with van der Waals surface area (Å²) < 4.78 is 0. The Bertz CT molecular complexity index is 643. The van der Waals surface area contributed by atoms with Crippen LogP contribution in [0.1, 0.15) is 36.8 Å². The van der Waals surface area contributed by atoms with E-state index < -0.39 is 0 Å². The van der Waals surface area contributed by atoms with E-state index >= 15 is 0 Å². The molecule has 0 amide bonds. The number of hydrogen-bond acceptors (Lipinski definition) is 3. The van der Waals surface area contributed by atoms with E-state index in [0.717, 1.165) is 25.9 Å². The van der Waals surface area contributed by atoms with Crippen LogP contribution in [0.25, 0.3) is 0 Å². The van der Waals surface area contributed by atoms with Crippen LogP contribution in [-0.2, 0) is 6.42 Å². The highest BCUT2D eigenvalue weighted by molar-refractivity contribution is 5.51. The van der Waals surface area contributed by atoms with Crippen LogP contribution < -0.4 is 10.2 Å². The number of aliphatic hydroxyl groups excluding tert-OH is 1. The molecule has 3 nitrogen and oxygen atoms in total. The van der Waals surface area contributed by atoms with Gasteiger partial charge in [-0.05, 0) is 56.0 Å². The summed E-state index contributed by atoms with van der Waals surface area (Å²) in [5.41, 5.74) is 4.37. The molecule has 25 heavy (non-hydrogen) atoms. The summed E-state index contributed by atoms with van der Waals surface area (Å²) in [7, 11) is 0. The van der Waals surface area contributed by atoms with Gasteiger partial charge in [-0.1, -0.05) is 42.5 Å². The molecule has 2 aromatic carbocycles. The van der Waals surface area contributed by atoms with Gasteiger partial charge in [0.15, 0.2) is 0 Å². The molecule has 3 heteroatoms. The third-order valence-electron chi connectivity index (χ3n) is 5.33. The van der Waals surface area contributed by atoms with Crippen molar-refractivity contribution in [3.05, 3.63) is 65.7 Å². The van der Waals surface area contributed by atoms with E-state index in [1.54, 1.807) is 0 Å². The Morgan fingerprint density at radius 2 is 1.80 bits per heavy atom. The fraction of sp³-hybridized carbons (Fsp3) is 0.455. The summed E-state index contributed by atoms with van der Waals surface area (Å²) in [6.07, 6.45) is 3.46. The number of nitrogens with zero attached hydrogens (tertiary/aromatic N) is 1. The van der Waals surface area contributed by atoms with E-state index in [-0.39, 0.29) is 6.61 Å². The molecule has 0 saturated carbocycles. The van der Waals surface area contributed by atoms with Crippen LogP contribution in [0.2, 0.25) is 0 Å². The van der Waals surface area contributed by atoms with Crippen LogP contribution >= 0.6 is 0 Å². The molecule has 134 valence electrons. The van der Waals surface area contributed by atoms with Gasteiger partial charge in [-0.15, -0.1) is 0 Å². The highest BCUT2D eigenvalue weighted by Gasteiger charge is 2.35. The Labute approximate surface area is 151 Å². The predicted molar refractivity (Wildman–Crippen MR) is 105 cm³/mol. The van der Waals surface area contributed by atoms with Gasteiger partial charge in [0.2, 0.25) is 0 Å². The number of nitrogens with one attached hydrogen (secondary N) is 1. The van der Waals surface area contributed by atoms with Crippen molar-refractivity contribution in [1.82, 2.24) is 5.32 Å². The third-order valence-corrected chi connectivity index (χ3v) is 5.33. The lowest BCUT2D eigenvalue weighted by Crippen LogP contribution is -2.38. The van der Waals surface area contributed by atoms with Gasteiger partial charge in [0.1, 0.15) is 0 Å². The molecular weight excluding hydrogens is 308 g/mol. The maximum atomic E-state index is 8.91. The first kappa shape index (κ1) is 18.0. The average Bonchev–Trinajstić information content (AvgIpc) is 3.01. The van der Waals surface area contributed by atoms with Gasteiger partial charge < -0.3 is 15.3 Å².